The van der Waals surface area contributed by atoms with Crippen LogP contribution in [0.4, 0.5) is 0 Å². The molecule has 0 radical (unpaired) electrons. The maximum absolute atomic E-state index is 12.1. The molecule has 1 unspecified atom stereocenters. The Morgan fingerprint density at radius 1 is 1.07 bits per heavy atom. The average molecular weight is 375 g/mol. The van der Waals surface area contributed by atoms with Crippen LogP contribution in [0.3, 0.4) is 0 Å². The van der Waals surface area contributed by atoms with Crippen molar-refractivity contribution in [2.45, 2.75) is 76.9 Å². The lowest BCUT2D eigenvalue weighted by Gasteiger charge is -2.62. The average Bonchev–Trinajstić information content (AvgIpc) is 3.16. The van der Waals surface area contributed by atoms with E-state index in [2.05, 4.69) is 19.9 Å². The summed E-state index contributed by atoms with van der Waals surface area (Å²) in [7, 11) is 0. The maximum atomic E-state index is 12.1. The first kappa shape index (κ1) is 18.2. The van der Waals surface area contributed by atoms with Crippen LogP contribution in [-0.4, -0.2) is 34.5 Å². The maximum Gasteiger partial charge on any atom is 0.306 e. The molecule has 9 atom stereocenters. The number of ether oxygens (including phenoxy) is 1. The highest BCUT2D eigenvalue weighted by molar-refractivity contribution is 5.71. The van der Waals surface area contributed by atoms with Gasteiger partial charge in [0, 0.05) is 5.92 Å². The molecule has 1 aliphatic heterocycles. The highest BCUT2D eigenvalue weighted by Gasteiger charge is 2.67. The van der Waals surface area contributed by atoms with Gasteiger partial charge in [-0.2, -0.15) is 0 Å². The summed E-state index contributed by atoms with van der Waals surface area (Å²) in [5, 5.41) is 22.2. The standard InChI is InChI=1S/C23H34O4/c1-21-8-5-16(24)12-15(21)3-4-19-18(21)6-9-22(2)17(7-10-23(19,22)26)14-11-20(25)27-13-14/h5,8,14-19,24,26H,3-4,6-7,9-13H2,1-2H3/t14-,15?,16-,17+,18-,19+,21-,22+,23-/m0/s1. The quantitative estimate of drug-likeness (QED) is 0.545. The summed E-state index contributed by atoms with van der Waals surface area (Å²) < 4.78 is 5.29. The second kappa shape index (κ2) is 5.82. The Hall–Kier alpha value is -0.870. The first-order valence-electron chi connectivity index (χ1n) is 11.0. The van der Waals surface area contributed by atoms with Gasteiger partial charge in [-0.15, -0.1) is 0 Å². The molecular weight excluding hydrogens is 340 g/mol. The van der Waals surface area contributed by atoms with E-state index in [1.807, 2.05) is 6.08 Å². The van der Waals surface area contributed by atoms with E-state index < -0.39 is 5.60 Å². The smallest absolute Gasteiger partial charge is 0.306 e. The molecule has 4 fully saturated rings. The summed E-state index contributed by atoms with van der Waals surface area (Å²) in [4.78, 5) is 11.7. The Kier molecular flexibility index (Phi) is 3.92. The molecule has 4 heteroatoms. The first-order valence-corrected chi connectivity index (χ1v) is 11.0. The van der Waals surface area contributed by atoms with Crippen LogP contribution >= 0.6 is 0 Å². The summed E-state index contributed by atoms with van der Waals surface area (Å²) >= 11 is 0. The van der Waals surface area contributed by atoms with Crippen molar-refractivity contribution < 1.29 is 19.7 Å². The lowest BCUT2D eigenvalue weighted by molar-refractivity contribution is -0.199. The number of rotatable bonds is 1. The number of esters is 1. The third-order valence-electron chi connectivity index (χ3n) is 9.88. The second-order valence-corrected chi connectivity index (χ2v) is 10.7. The number of cyclic esters (lactones) is 1. The van der Waals surface area contributed by atoms with E-state index in [9.17, 15) is 15.0 Å². The number of allylic oxidation sites excluding steroid dienone is 1. The molecule has 5 rings (SSSR count). The molecule has 0 spiro atoms. The van der Waals surface area contributed by atoms with E-state index in [1.54, 1.807) is 0 Å². The van der Waals surface area contributed by atoms with Crippen molar-refractivity contribution in [3.63, 3.8) is 0 Å². The molecule has 1 heterocycles. The zero-order valence-corrected chi connectivity index (χ0v) is 16.7. The molecule has 0 aromatic carbocycles. The SMILES string of the molecule is C[C@]12C=C[C@H](O)CC1CC[C@@H]1[C@@H]2CC[C@]2(C)[C@@H]([C@@H]3COC(=O)C3)CC[C@]12O. The molecule has 3 saturated carbocycles. The number of carbonyl (C=O) groups excluding carboxylic acids is 1. The van der Waals surface area contributed by atoms with E-state index in [0.29, 0.717) is 36.7 Å². The number of fused-ring (bicyclic) bond motifs is 5. The van der Waals surface area contributed by atoms with Gasteiger partial charge in [0.25, 0.3) is 0 Å². The van der Waals surface area contributed by atoms with E-state index in [-0.39, 0.29) is 28.8 Å². The highest BCUT2D eigenvalue weighted by atomic mass is 16.5. The lowest BCUT2D eigenvalue weighted by atomic mass is 9.44. The molecule has 4 aliphatic carbocycles. The van der Waals surface area contributed by atoms with Crippen LogP contribution in [0, 0.1) is 40.4 Å². The zero-order valence-electron chi connectivity index (χ0n) is 16.7. The minimum absolute atomic E-state index is 0.0633. The Labute approximate surface area is 162 Å². The molecule has 150 valence electrons. The van der Waals surface area contributed by atoms with Crippen LogP contribution in [-0.2, 0) is 9.53 Å². The van der Waals surface area contributed by atoms with E-state index in [4.69, 9.17) is 4.74 Å². The van der Waals surface area contributed by atoms with Crippen molar-refractivity contribution >= 4 is 5.97 Å². The Morgan fingerprint density at radius 2 is 1.85 bits per heavy atom. The topological polar surface area (TPSA) is 66.8 Å². The summed E-state index contributed by atoms with van der Waals surface area (Å²) in [5.74, 6) is 1.98. The lowest BCUT2D eigenvalue weighted by Crippen LogP contribution is -2.62. The van der Waals surface area contributed by atoms with Crippen molar-refractivity contribution in [2.24, 2.45) is 40.4 Å². The molecule has 27 heavy (non-hydrogen) atoms. The van der Waals surface area contributed by atoms with Crippen molar-refractivity contribution in [3.05, 3.63) is 12.2 Å². The Morgan fingerprint density at radius 3 is 2.59 bits per heavy atom. The van der Waals surface area contributed by atoms with Gasteiger partial charge in [0.05, 0.1) is 24.7 Å². The van der Waals surface area contributed by atoms with Gasteiger partial charge in [-0.05, 0) is 79.4 Å². The third-order valence-corrected chi connectivity index (χ3v) is 9.88. The fourth-order valence-electron chi connectivity index (χ4n) is 8.35. The molecule has 1 saturated heterocycles. The Bertz CT molecular complexity index is 673. The van der Waals surface area contributed by atoms with Crippen molar-refractivity contribution in [1.29, 1.82) is 0 Å². The van der Waals surface area contributed by atoms with Gasteiger partial charge in [-0.1, -0.05) is 26.0 Å². The van der Waals surface area contributed by atoms with Crippen LogP contribution in [0.2, 0.25) is 0 Å². The fourth-order valence-corrected chi connectivity index (χ4v) is 8.35. The molecule has 0 bridgehead atoms. The van der Waals surface area contributed by atoms with Crippen LogP contribution in [0.25, 0.3) is 0 Å². The summed E-state index contributed by atoms with van der Waals surface area (Å²) in [6.07, 6.45) is 11.6. The third kappa shape index (κ3) is 2.32. The molecule has 0 aromatic rings. The molecule has 4 nitrogen and oxygen atoms in total. The summed E-state index contributed by atoms with van der Waals surface area (Å²) in [6, 6.07) is 0. The van der Waals surface area contributed by atoms with E-state index in [1.165, 1.54) is 0 Å². The first-order chi connectivity index (χ1) is 12.8. The van der Waals surface area contributed by atoms with Gasteiger partial charge in [-0.25, -0.2) is 0 Å². The van der Waals surface area contributed by atoms with Crippen molar-refractivity contribution in [1.82, 2.24) is 0 Å². The van der Waals surface area contributed by atoms with Gasteiger partial charge in [-0.3, -0.25) is 4.79 Å². The zero-order chi connectivity index (χ0) is 19.0. The Balaban J connectivity index is 1.47. The molecule has 0 amide bonds. The predicted octanol–water partition coefficient (Wildman–Crippen LogP) is 3.46. The number of aliphatic hydroxyl groups is 2. The summed E-state index contributed by atoms with van der Waals surface area (Å²) in [6.45, 7) is 5.22. The molecule has 0 aromatic heterocycles. The van der Waals surface area contributed by atoms with Crippen molar-refractivity contribution in [3.8, 4) is 0 Å². The van der Waals surface area contributed by atoms with Crippen LogP contribution < -0.4 is 0 Å². The van der Waals surface area contributed by atoms with E-state index in [0.717, 1.165) is 44.9 Å². The largest absolute Gasteiger partial charge is 0.465 e. The van der Waals surface area contributed by atoms with Gasteiger partial charge in [0.15, 0.2) is 0 Å². The van der Waals surface area contributed by atoms with E-state index >= 15 is 0 Å². The highest BCUT2D eigenvalue weighted by Crippen LogP contribution is 2.69. The van der Waals surface area contributed by atoms with Gasteiger partial charge in [0.2, 0.25) is 0 Å². The predicted molar refractivity (Wildman–Crippen MR) is 102 cm³/mol. The van der Waals surface area contributed by atoms with Crippen LogP contribution in [0.5, 0.6) is 0 Å². The monoisotopic (exact) mass is 374 g/mol. The van der Waals surface area contributed by atoms with Gasteiger partial charge in [0.1, 0.15) is 0 Å². The minimum atomic E-state index is -0.621. The number of carbonyl (C=O) groups is 1. The van der Waals surface area contributed by atoms with Gasteiger partial charge < -0.3 is 14.9 Å². The molecular formula is C23H34O4. The minimum Gasteiger partial charge on any atom is -0.465 e. The van der Waals surface area contributed by atoms with Crippen LogP contribution in [0.1, 0.15) is 65.2 Å². The van der Waals surface area contributed by atoms with Crippen molar-refractivity contribution in [2.75, 3.05) is 6.61 Å². The normalized spacial score (nSPS) is 57.0. The number of hydrogen-bond donors (Lipinski definition) is 2. The molecule has 5 aliphatic rings. The fraction of sp³-hybridized carbons (Fsp3) is 0.870. The number of aliphatic hydroxyl groups excluding tert-OH is 1. The van der Waals surface area contributed by atoms with Gasteiger partial charge >= 0.3 is 5.97 Å². The summed E-state index contributed by atoms with van der Waals surface area (Å²) in [5.41, 5.74) is -0.623. The number of hydrogen-bond acceptors (Lipinski definition) is 4. The van der Waals surface area contributed by atoms with Crippen LogP contribution in [0.15, 0.2) is 12.2 Å². The molecule has 2 N–H and O–H groups in total. The second-order valence-electron chi connectivity index (χ2n) is 10.7.